The van der Waals surface area contributed by atoms with Crippen LogP contribution in [0.3, 0.4) is 0 Å². The Hall–Kier alpha value is -4.12. The Morgan fingerprint density at radius 3 is 2.92 bits per heavy atom. The van der Waals surface area contributed by atoms with Crippen molar-refractivity contribution in [1.82, 2.24) is 14.9 Å². The van der Waals surface area contributed by atoms with Crippen molar-refractivity contribution in [2.45, 2.75) is 38.0 Å². The van der Waals surface area contributed by atoms with E-state index >= 15 is 0 Å². The molecular weight excluding hydrogens is 520 g/mol. The molecule has 2 atom stereocenters. The van der Waals surface area contributed by atoms with E-state index in [2.05, 4.69) is 21.4 Å². The van der Waals surface area contributed by atoms with E-state index in [1.807, 2.05) is 6.07 Å². The Morgan fingerprint density at radius 1 is 1.27 bits per heavy atom. The molecule has 0 radical (unpaired) electrons. The van der Waals surface area contributed by atoms with Gasteiger partial charge in [0.15, 0.2) is 6.29 Å². The number of morpholine rings is 1. The lowest BCUT2D eigenvalue weighted by Gasteiger charge is -2.31. The summed E-state index contributed by atoms with van der Waals surface area (Å²) in [6.07, 6.45) is 3.33. The molecule has 2 aromatic heterocycles. The number of hydrogen-bond donors (Lipinski definition) is 1. The first kappa shape index (κ1) is 27.4. The molecule has 0 spiro atoms. The lowest BCUT2D eigenvalue weighted by Crippen LogP contribution is -2.42. The largest absolute Gasteiger partial charge is 0.486 e. The molecule has 13 heteroatoms. The van der Waals surface area contributed by atoms with Crippen LogP contribution < -0.4 is 15.0 Å². The van der Waals surface area contributed by atoms with E-state index in [-0.39, 0.29) is 54.1 Å². The van der Waals surface area contributed by atoms with Gasteiger partial charge in [0.1, 0.15) is 53.5 Å². The topological polar surface area (TPSA) is 156 Å². The van der Waals surface area contributed by atoms with Crippen molar-refractivity contribution in [3.8, 4) is 11.8 Å². The number of nitriles is 1. The number of fused-ring (bicyclic) bond motifs is 1. The van der Waals surface area contributed by atoms with Crippen LogP contribution in [0.4, 0.5) is 16.4 Å². The van der Waals surface area contributed by atoms with Gasteiger partial charge in [0.2, 0.25) is 5.91 Å². The van der Waals surface area contributed by atoms with E-state index in [1.165, 1.54) is 17.2 Å². The predicted molar refractivity (Wildman–Crippen MR) is 140 cm³/mol. The number of hydrogen-bond acceptors (Lipinski definition) is 10. The van der Waals surface area contributed by atoms with E-state index in [0.717, 1.165) is 5.56 Å². The minimum absolute atomic E-state index is 0.0148. The first-order valence-corrected chi connectivity index (χ1v) is 13.1. The van der Waals surface area contributed by atoms with Crippen LogP contribution in [0.1, 0.15) is 40.0 Å². The maximum Gasteiger partial charge on any atom is 0.328 e. The van der Waals surface area contributed by atoms with Gasteiger partial charge in [0, 0.05) is 44.8 Å². The quantitative estimate of drug-likeness (QED) is 0.503. The number of amides is 3. The third-order valence-electron chi connectivity index (χ3n) is 7.12. The highest BCUT2D eigenvalue weighted by Gasteiger charge is 2.30. The van der Waals surface area contributed by atoms with Gasteiger partial charge in [-0.3, -0.25) is 19.8 Å². The number of aromatic nitrogens is 2. The van der Waals surface area contributed by atoms with Crippen LogP contribution in [0.15, 0.2) is 18.3 Å². The van der Waals surface area contributed by atoms with E-state index in [1.54, 1.807) is 12.0 Å². The van der Waals surface area contributed by atoms with Crippen molar-refractivity contribution < 1.29 is 33.3 Å². The molecule has 3 amide bonds. The molecule has 2 aromatic rings. The molecule has 0 aliphatic carbocycles. The summed E-state index contributed by atoms with van der Waals surface area (Å²) in [6.45, 7) is 2.42. The Bertz CT molecular complexity index is 1330. The minimum Gasteiger partial charge on any atom is -0.486 e. The summed E-state index contributed by atoms with van der Waals surface area (Å²) >= 11 is 0. The standard InChI is InChI=1S/C27H30N6O7/c1-37-23-15-38-7-4-21(23)40-22-10-24(29-12-19(22)11-28)31-27(36)33-5-2-3-17-9-18(20(14-34)30-26(17)33)13-32-6-8-39-16-25(32)35/h9-10,12,14,21,23H,2-8,13,15-16H2,1H3,(H,29,31,36)/t21-,23-/m0/s1. The van der Waals surface area contributed by atoms with Crippen molar-refractivity contribution in [3.05, 3.63) is 40.7 Å². The molecule has 5 rings (SSSR count). The summed E-state index contributed by atoms with van der Waals surface area (Å²) in [5.74, 6) is 0.725. The van der Waals surface area contributed by atoms with Gasteiger partial charge >= 0.3 is 6.03 Å². The zero-order valence-corrected chi connectivity index (χ0v) is 22.1. The molecule has 0 bridgehead atoms. The molecule has 1 N–H and O–H groups in total. The normalized spacial score (nSPS) is 20.9. The molecule has 0 unspecified atom stereocenters. The van der Waals surface area contributed by atoms with Crippen molar-refractivity contribution in [3.63, 3.8) is 0 Å². The Labute approximate surface area is 231 Å². The molecule has 5 heterocycles. The van der Waals surface area contributed by atoms with Gasteiger partial charge in [-0.05, 0) is 24.5 Å². The number of aryl methyl sites for hydroxylation is 1. The average Bonchev–Trinajstić information content (AvgIpc) is 2.98. The first-order chi connectivity index (χ1) is 19.5. The Kier molecular flexibility index (Phi) is 8.49. The van der Waals surface area contributed by atoms with Crippen molar-refractivity contribution in [2.24, 2.45) is 0 Å². The fraction of sp³-hybridized carbons (Fsp3) is 0.481. The van der Waals surface area contributed by atoms with E-state index < -0.39 is 6.03 Å². The van der Waals surface area contributed by atoms with Gasteiger partial charge in [-0.15, -0.1) is 0 Å². The first-order valence-electron chi connectivity index (χ1n) is 13.1. The van der Waals surface area contributed by atoms with Crippen LogP contribution in [0, 0.1) is 11.3 Å². The smallest absolute Gasteiger partial charge is 0.328 e. The van der Waals surface area contributed by atoms with Crippen molar-refractivity contribution in [1.29, 1.82) is 5.26 Å². The van der Waals surface area contributed by atoms with Crippen LogP contribution in [0.2, 0.25) is 0 Å². The number of methoxy groups -OCH3 is 1. The third-order valence-corrected chi connectivity index (χ3v) is 7.12. The zero-order valence-electron chi connectivity index (χ0n) is 22.1. The number of urea groups is 1. The average molecular weight is 551 g/mol. The summed E-state index contributed by atoms with van der Waals surface area (Å²) in [7, 11) is 1.57. The second kappa shape index (κ2) is 12.4. The van der Waals surface area contributed by atoms with Gasteiger partial charge < -0.3 is 23.8 Å². The molecule has 2 fully saturated rings. The Balaban J connectivity index is 1.34. The third kappa shape index (κ3) is 5.89. The fourth-order valence-corrected chi connectivity index (χ4v) is 4.98. The zero-order chi connectivity index (χ0) is 28.1. The number of carbonyl (C=O) groups excluding carboxylic acids is 3. The lowest BCUT2D eigenvalue weighted by molar-refractivity contribution is -0.143. The number of rotatable bonds is 7. The summed E-state index contributed by atoms with van der Waals surface area (Å²) in [5.41, 5.74) is 1.84. The Morgan fingerprint density at radius 2 is 2.15 bits per heavy atom. The van der Waals surface area contributed by atoms with Crippen molar-refractivity contribution >= 4 is 29.9 Å². The number of pyridine rings is 2. The van der Waals surface area contributed by atoms with Crippen LogP contribution in [0.5, 0.6) is 5.75 Å². The van der Waals surface area contributed by atoms with Gasteiger partial charge in [-0.25, -0.2) is 14.8 Å². The number of ether oxygens (including phenoxy) is 4. The van der Waals surface area contributed by atoms with Gasteiger partial charge in [-0.2, -0.15) is 5.26 Å². The molecular formula is C27H30N6O7. The summed E-state index contributed by atoms with van der Waals surface area (Å²) in [4.78, 5) is 49.3. The molecule has 13 nitrogen and oxygen atoms in total. The summed E-state index contributed by atoms with van der Waals surface area (Å²) < 4.78 is 22.2. The second-order valence-electron chi connectivity index (χ2n) is 9.66. The van der Waals surface area contributed by atoms with E-state index in [4.69, 9.17) is 18.9 Å². The monoisotopic (exact) mass is 550 g/mol. The number of aldehydes is 1. The van der Waals surface area contributed by atoms with Crippen LogP contribution in [-0.4, -0.2) is 91.9 Å². The van der Waals surface area contributed by atoms with Crippen molar-refractivity contribution in [2.75, 3.05) is 56.8 Å². The highest BCUT2D eigenvalue weighted by atomic mass is 16.6. The molecule has 3 aliphatic heterocycles. The van der Waals surface area contributed by atoms with E-state index in [9.17, 15) is 19.6 Å². The highest BCUT2D eigenvalue weighted by Crippen LogP contribution is 2.30. The number of nitrogens with one attached hydrogen (secondary N) is 1. The molecule has 40 heavy (non-hydrogen) atoms. The molecule has 210 valence electrons. The lowest BCUT2D eigenvalue weighted by atomic mass is 10.0. The van der Waals surface area contributed by atoms with Gasteiger partial charge in [-0.1, -0.05) is 0 Å². The fourth-order valence-electron chi connectivity index (χ4n) is 4.98. The maximum atomic E-state index is 13.4. The number of nitrogens with zero attached hydrogens (tertiary/aromatic N) is 5. The highest BCUT2D eigenvalue weighted by molar-refractivity contribution is 6.01. The van der Waals surface area contributed by atoms with Crippen LogP contribution in [0.25, 0.3) is 0 Å². The minimum atomic E-state index is -0.481. The molecule has 0 aromatic carbocycles. The summed E-state index contributed by atoms with van der Waals surface area (Å²) in [6, 6.07) is 4.94. The van der Waals surface area contributed by atoms with Gasteiger partial charge in [0.05, 0.1) is 26.0 Å². The van der Waals surface area contributed by atoms with Crippen LogP contribution in [-0.2, 0) is 32.0 Å². The molecule has 0 saturated carbocycles. The second-order valence-corrected chi connectivity index (χ2v) is 9.66. The predicted octanol–water partition coefficient (Wildman–Crippen LogP) is 1.69. The SMILES string of the molecule is CO[C@H]1COCC[C@@H]1Oc1cc(NC(=O)N2CCCc3cc(CN4CCOCC4=O)c(C=O)nc32)ncc1C#N. The van der Waals surface area contributed by atoms with E-state index in [0.29, 0.717) is 69.8 Å². The molecule has 3 aliphatic rings. The van der Waals surface area contributed by atoms with Crippen LogP contribution >= 0.6 is 0 Å². The summed E-state index contributed by atoms with van der Waals surface area (Å²) in [5, 5.41) is 12.3. The number of carbonyl (C=O) groups is 3. The van der Waals surface area contributed by atoms with Gasteiger partial charge in [0.25, 0.3) is 0 Å². The maximum absolute atomic E-state index is 13.4. The molecule has 2 saturated heterocycles. The number of anilines is 2.